The molecule has 0 fully saturated rings. The van der Waals surface area contributed by atoms with Gasteiger partial charge in [-0.05, 0) is 26.0 Å². The standard InChI is InChI=1S/C13H18ClNO2/c1-10(2)17-8-7-15(3)13-11(9-16)5-4-6-12(13)14/h4-6,9-10H,7-8H2,1-3H3. The van der Waals surface area contributed by atoms with Crippen molar-refractivity contribution in [2.24, 2.45) is 0 Å². The number of para-hydroxylation sites is 1. The summed E-state index contributed by atoms with van der Waals surface area (Å²) in [5.41, 5.74) is 1.36. The van der Waals surface area contributed by atoms with Gasteiger partial charge in [-0.25, -0.2) is 0 Å². The zero-order valence-electron chi connectivity index (χ0n) is 10.4. The summed E-state index contributed by atoms with van der Waals surface area (Å²) < 4.78 is 5.47. The molecule has 0 amide bonds. The molecular formula is C13H18ClNO2. The average molecular weight is 256 g/mol. The highest BCUT2D eigenvalue weighted by atomic mass is 35.5. The third-order valence-corrected chi connectivity index (χ3v) is 2.71. The van der Waals surface area contributed by atoms with Crippen LogP contribution in [0.4, 0.5) is 5.69 Å². The van der Waals surface area contributed by atoms with Crippen molar-refractivity contribution in [2.45, 2.75) is 20.0 Å². The van der Waals surface area contributed by atoms with E-state index in [0.717, 1.165) is 12.0 Å². The van der Waals surface area contributed by atoms with Crippen molar-refractivity contribution in [1.82, 2.24) is 0 Å². The SMILES string of the molecule is CC(C)OCCN(C)c1c(Cl)cccc1C=O. The van der Waals surface area contributed by atoms with Crippen molar-refractivity contribution in [2.75, 3.05) is 25.1 Å². The number of anilines is 1. The Bertz CT molecular complexity index is 380. The monoisotopic (exact) mass is 255 g/mol. The average Bonchev–Trinajstić information content (AvgIpc) is 2.27. The second-order valence-electron chi connectivity index (χ2n) is 4.14. The zero-order chi connectivity index (χ0) is 12.8. The highest BCUT2D eigenvalue weighted by Crippen LogP contribution is 2.27. The molecule has 0 radical (unpaired) electrons. The van der Waals surface area contributed by atoms with Gasteiger partial charge in [0.15, 0.2) is 6.29 Å². The number of carbonyl (C=O) groups is 1. The maximum atomic E-state index is 10.9. The number of hydrogen-bond acceptors (Lipinski definition) is 3. The molecule has 0 aliphatic rings. The largest absolute Gasteiger partial charge is 0.377 e. The summed E-state index contributed by atoms with van der Waals surface area (Å²) in [7, 11) is 1.90. The fourth-order valence-corrected chi connectivity index (χ4v) is 1.89. The number of ether oxygens (including phenoxy) is 1. The molecule has 4 heteroatoms. The summed E-state index contributed by atoms with van der Waals surface area (Å²) in [5.74, 6) is 0. The first-order valence-electron chi connectivity index (χ1n) is 5.62. The summed E-state index contributed by atoms with van der Waals surface area (Å²) >= 11 is 6.10. The molecule has 94 valence electrons. The van der Waals surface area contributed by atoms with Crippen LogP contribution in [0.2, 0.25) is 5.02 Å². The Balaban J connectivity index is 2.74. The number of nitrogens with zero attached hydrogens (tertiary/aromatic N) is 1. The fraction of sp³-hybridized carbons (Fsp3) is 0.462. The summed E-state index contributed by atoms with van der Waals surface area (Å²) in [4.78, 5) is 12.9. The van der Waals surface area contributed by atoms with Crippen LogP contribution >= 0.6 is 11.6 Å². The molecule has 0 heterocycles. The van der Waals surface area contributed by atoms with Crippen LogP contribution in [0.5, 0.6) is 0 Å². The minimum absolute atomic E-state index is 0.209. The van der Waals surface area contributed by atoms with Gasteiger partial charge in [0.1, 0.15) is 0 Å². The molecule has 0 saturated carbocycles. The van der Waals surface area contributed by atoms with Gasteiger partial charge in [0, 0.05) is 19.2 Å². The first-order valence-corrected chi connectivity index (χ1v) is 6.00. The Morgan fingerprint density at radius 3 is 2.76 bits per heavy atom. The number of likely N-dealkylation sites (N-methyl/N-ethyl adjacent to an activating group) is 1. The zero-order valence-corrected chi connectivity index (χ0v) is 11.2. The maximum Gasteiger partial charge on any atom is 0.152 e. The van der Waals surface area contributed by atoms with Gasteiger partial charge in [-0.3, -0.25) is 4.79 Å². The van der Waals surface area contributed by atoms with Gasteiger partial charge in [-0.1, -0.05) is 17.7 Å². The number of halogens is 1. The lowest BCUT2D eigenvalue weighted by Crippen LogP contribution is -2.25. The van der Waals surface area contributed by atoms with Crippen molar-refractivity contribution in [3.8, 4) is 0 Å². The van der Waals surface area contributed by atoms with Crippen LogP contribution in [-0.2, 0) is 4.74 Å². The van der Waals surface area contributed by atoms with E-state index >= 15 is 0 Å². The summed E-state index contributed by atoms with van der Waals surface area (Å²) in [6.07, 6.45) is 1.03. The van der Waals surface area contributed by atoms with E-state index in [4.69, 9.17) is 16.3 Å². The van der Waals surface area contributed by atoms with Crippen molar-refractivity contribution < 1.29 is 9.53 Å². The lowest BCUT2D eigenvalue weighted by atomic mass is 10.2. The van der Waals surface area contributed by atoms with Crippen molar-refractivity contribution in [3.63, 3.8) is 0 Å². The van der Waals surface area contributed by atoms with E-state index in [9.17, 15) is 4.79 Å². The topological polar surface area (TPSA) is 29.5 Å². The number of aldehydes is 1. The first kappa shape index (κ1) is 14.0. The maximum absolute atomic E-state index is 10.9. The Hall–Kier alpha value is -1.06. The molecule has 1 aromatic rings. The molecule has 3 nitrogen and oxygen atoms in total. The van der Waals surface area contributed by atoms with Crippen LogP contribution in [0, 0.1) is 0 Å². The minimum Gasteiger partial charge on any atom is -0.377 e. The van der Waals surface area contributed by atoms with Crippen LogP contribution < -0.4 is 4.90 Å². The number of rotatable bonds is 6. The van der Waals surface area contributed by atoms with E-state index in [0.29, 0.717) is 23.7 Å². The summed E-state index contributed by atoms with van der Waals surface area (Å²) in [5, 5.41) is 0.585. The minimum atomic E-state index is 0.209. The number of carbonyl (C=O) groups excluding carboxylic acids is 1. The van der Waals surface area contributed by atoms with Gasteiger partial charge >= 0.3 is 0 Å². The van der Waals surface area contributed by atoms with E-state index in [1.54, 1.807) is 18.2 Å². The lowest BCUT2D eigenvalue weighted by Gasteiger charge is -2.22. The van der Waals surface area contributed by atoms with Crippen molar-refractivity contribution >= 4 is 23.6 Å². The van der Waals surface area contributed by atoms with E-state index in [2.05, 4.69) is 0 Å². The highest BCUT2D eigenvalue weighted by Gasteiger charge is 2.11. The molecule has 1 aromatic carbocycles. The van der Waals surface area contributed by atoms with E-state index in [-0.39, 0.29) is 6.10 Å². The smallest absolute Gasteiger partial charge is 0.152 e. The predicted octanol–water partition coefficient (Wildman–Crippen LogP) is 3.01. The van der Waals surface area contributed by atoms with Gasteiger partial charge in [-0.2, -0.15) is 0 Å². The molecule has 0 atom stereocenters. The van der Waals surface area contributed by atoms with Crippen LogP contribution in [0.15, 0.2) is 18.2 Å². The molecule has 0 aliphatic heterocycles. The van der Waals surface area contributed by atoms with Crippen LogP contribution in [0.3, 0.4) is 0 Å². The fourth-order valence-electron chi connectivity index (χ4n) is 1.57. The first-order chi connectivity index (χ1) is 8.06. The predicted molar refractivity (Wildman–Crippen MR) is 71.2 cm³/mol. The quantitative estimate of drug-likeness (QED) is 0.732. The third-order valence-electron chi connectivity index (χ3n) is 2.40. The highest BCUT2D eigenvalue weighted by molar-refractivity contribution is 6.33. The Morgan fingerprint density at radius 2 is 2.18 bits per heavy atom. The number of benzene rings is 1. The molecule has 1 rings (SSSR count). The van der Waals surface area contributed by atoms with Crippen molar-refractivity contribution in [3.05, 3.63) is 28.8 Å². The molecular weight excluding hydrogens is 238 g/mol. The third kappa shape index (κ3) is 4.02. The second-order valence-corrected chi connectivity index (χ2v) is 4.54. The molecule has 17 heavy (non-hydrogen) atoms. The molecule has 0 unspecified atom stereocenters. The molecule has 0 aromatic heterocycles. The molecule has 0 spiro atoms. The van der Waals surface area contributed by atoms with Gasteiger partial charge in [0.25, 0.3) is 0 Å². The van der Waals surface area contributed by atoms with Crippen molar-refractivity contribution in [1.29, 1.82) is 0 Å². The summed E-state index contributed by atoms with van der Waals surface area (Å²) in [6.45, 7) is 5.29. The van der Waals surface area contributed by atoms with Crippen LogP contribution in [0.25, 0.3) is 0 Å². The molecule has 0 saturated heterocycles. The summed E-state index contributed by atoms with van der Waals surface area (Å²) in [6, 6.07) is 5.31. The van der Waals surface area contributed by atoms with Gasteiger partial charge in [0.05, 0.1) is 23.4 Å². The van der Waals surface area contributed by atoms with Crippen LogP contribution in [-0.4, -0.2) is 32.6 Å². The molecule has 0 bridgehead atoms. The van der Waals surface area contributed by atoms with Gasteiger partial charge in [0.2, 0.25) is 0 Å². The van der Waals surface area contributed by atoms with Crippen LogP contribution in [0.1, 0.15) is 24.2 Å². The molecule has 0 aliphatic carbocycles. The van der Waals surface area contributed by atoms with Gasteiger partial charge in [-0.15, -0.1) is 0 Å². The lowest BCUT2D eigenvalue weighted by molar-refractivity contribution is 0.0845. The molecule has 0 N–H and O–H groups in total. The Labute approximate surface area is 107 Å². The van der Waals surface area contributed by atoms with E-state index in [1.165, 1.54) is 0 Å². The van der Waals surface area contributed by atoms with E-state index < -0.39 is 0 Å². The van der Waals surface area contributed by atoms with Gasteiger partial charge < -0.3 is 9.64 Å². The van der Waals surface area contributed by atoms with E-state index in [1.807, 2.05) is 25.8 Å². The Morgan fingerprint density at radius 1 is 1.47 bits per heavy atom. The second kappa shape index (κ2) is 6.62. The number of hydrogen-bond donors (Lipinski definition) is 0. The Kier molecular flexibility index (Phi) is 5.45. The normalized spacial score (nSPS) is 10.6.